The van der Waals surface area contributed by atoms with Crippen molar-refractivity contribution in [1.29, 1.82) is 5.26 Å². The molecule has 0 radical (unpaired) electrons. The minimum absolute atomic E-state index is 0.0120. The maximum absolute atomic E-state index is 11.7. The molecule has 2 fully saturated rings. The van der Waals surface area contributed by atoms with Crippen LogP contribution in [-0.4, -0.2) is 34.1 Å². The molecule has 1 aromatic rings. The first kappa shape index (κ1) is 14.3. The van der Waals surface area contributed by atoms with E-state index in [1.807, 2.05) is 6.07 Å². The molecular formula is C14H14N4O4. The Balaban J connectivity index is 1.99. The van der Waals surface area contributed by atoms with Gasteiger partial charge < -0.3 is 10.0 Å². The van der Waals surface area contributed by atoms with Gasteiger partial charge >= 0.3 is 11.7 Å². The third-order valence-corrected chi connectivity index (χ3v) is 4.77. The zero-order valence-corrected chi connectivity index (χ0v) is 11.7. The van der Waals surface area contributed by atoms with Crippen LogP contribution >= 0.6 is 0 Å². The molecule has 22 heavy (non-hydrogen) atoms. The fourth-order valence-corrected chi connectivity index (χ4v) is 3.69. The van der Waals surface area contributed by atoms with Gasteiger partial charge in [-0.25, -0.2) is 4.98 Å². The quantitative estimate of drug-likeness (QED) is 0.664. The van der Waals surface area contributed by atoms with Gasteiger partial charge in [-0.15, -0.1) is 0 Å². The van der Waals surface area contributed by atoms with E-state index in [2.05, 4.69) is 4.98 Å². The summed E-state index contributed by atoms with van der Waals surface area (Å²) in [6, 6.07) is 3.01. The summed E-state index contributed by atoms with van der Waals surface area (Å²) in [7, 11) is 0. The van der Waals surface area contributed by atoms with E-state index in [9.17, 15) is 20.0 Å². The number of nitriles is 1. The monoisotopic (exact) mass is 302 g/mol. The number of rotatable bonds is 3. The van der Waals surface area contributed by atoms with E-state index in [0.717, 1.165) is 12.8 Å². The predicted octanol–water partition coefficient (Wildman–Crippen LogP) is 1.55. The molecule has 2 atom stereocenters. The number of anilines is 1. The Hall–Kier alpha value is -2.69. The summed E-state index contributed by atoms with van der Waals surface area (Å²) in [4.78, 5) is 28.0. The van der Waals surface area contributed by atoms with Crippen LogP contribution in [0, 0.1) is 32.8 Å². The molecule has 1 N–H and O–H groups in total. The number of nitrogens with zero attached hydrogens (tertiary/aromatic N) is 4. The van der Waals surface area contributed by atoms with E-state index in [0.29, 0.717) is 13.0 Å². The number of pyridine rings is 1. The van der Waals surface area contributed by atoms with Crippen LogP contribution in [0.5, 0.6) is 0 Å². The van der Waals surface area contributed by atoms with Crippen molar-refractivity contribution in [3.8, 4) is 6.07 Å². The first-order chi connectivity index (χ1) is 10.5. The SMILES string of the molecule is N#Cc1cnc(N2C[C@@H]3CCC[C@@]3(C(=O)O)C2)c([N+](=O)[O-])c1. The molecule has 0 unspecified atom stereocenters. The molecule has 1 saturated heterocycles. The van der Waals surface area contributed by atoms with Gasteiger partial charge in [0.25, 0.3) is 0 Å². The summed E-state index contributed by atoms with van der Waals surface area (Å²) >= 11 is 0. The van der Waals surface area contributed by atoms with E-state index in [1.54, 1.807) is 4.90 Å². The zero-order chi connectivity index (χ0) is 15.9. The number of hydrogen-bond acceptors (Lipinski definition) is 6. The summed E-state index contributed by atoms with van der Waals surface area (Å²) in [6.45, 7) is 0.679. The Morgan fingerprint density at radius 2 is 2.41 bits per heavy atom. The van der Waals surface area contributed by atoms with E-state index < -0.39 is 16.3 Å². The van der Waals surface area contributed by atoms with Crippen LogP contribution in [0.2, 0.25) is 0 Å². The number of aromatic nitrogens is 1. The third kappa shape index (κ3) is 1.97. The van der Waals surface area contributed by atoms with Crippen LogP contribution in [0.3, 0.4) is 0 Å². The molecule has 2 aliphatic rings. The highest BCUT2D eigenvalue weighted by Gasteiger charge is 2.55. The Bertz CT molecular complexity index is 699. The van der Waals surface area contributed by atoms with Gasteiger partial charge in [0.15, 0.2) is 0 Å². The van der Waals surface area contributed by atoms with Crippen molar-refractivity contribution in [2.24, 2.45) is 11.3 Å². The van der Waals surface area contributed by atoms with Gasteiger partial charge in [-0.05, 0) is 18.8 Å². The van der Waals surface area contributed by atoms with Gasteiger partial charge in [-0.3, -0.25) is 14.9 Å². The topological polar surface area (TPSA) is 120 Å². The summed E-state index contributed by atoms with van der Waals surface area (Å²) in [6.07, 6.45) is 3.55. The highest BCUT2D eigenvalue weighted by Crippen LogP contribution is 2.50. The normalized spacial score (nSPS) is 26.5. The molecule has 0 spiro atoms. The second-order valence-electron chi connectivity index (χ2n) is 5.87. The number of nitro groups is 1. The maximum Gasteiger partial charge on any atom is 0.312 e. The highest BCUT2D eigenvalue weighted by atomic mass is 16.6. The van der Waals surface area contributed by atoms with Crippen molar-refractivity contribution in [1.82, 2.24) is 4.98 Å². The van der Waals surface area contributed by atoms with E-state index in [-0.39, 0.29) is 29.5 Å². The molecule has 0 bridgehead atoms. The lowest BCUT2D eigenvalue weighted by atomic mass is 9.81. The van der Waals surface area contributed by atoms with E-state index >= 15 is 0 Å². The first-order valence-electron chi connectivity index (χ1n) is 7.01. The third-order valence-electron chi connectivity index (χ3n) is 4.77. The maximum atomic E-state index is 11.7. The van der Waals surface area contributed by atoms with Crippen molar-refractivity contribution in [2.75, 3.05) is 18.0 Å². The summed E-state index contributed by atoms with van der Waals surface area (Å²) < 4.78 is 0. The molecule has 8 heteroatoms. The predicted molar refractivity (Wildman–Crippen MR) is 75.2 cm³/mol. The van der Waals surface area contributed by atoms with Crippen LogP contribution in [0.4, 0.5) is 11.5 Å². The van der Waals surface area contributed by atoms with Crippen molar-refractivity contribution in [3.05, 3.63) is 27.9 Å². The lowest BCUT2D eigenvalue weighted by Crippen LogP contribution is -2.36. The first-order valence-corrected chi connectivity index (χ1v) is 7.01. The van der Waals surface area contributed by atoms with Crippen LogP contribution in [0.15, 0.2) is 12.3 Å². The Kier molecular flexibility index (Phi) is 3.20. The molecule has 1 saturated carbocycles. The molecule has 1 aliphatic carbocycles. The molecule has 2 heterocycles. The molecule has 0 amide bonds. The average Bonchev–Trinajstić information content (AvgIpc) is 3.04. The van der Waals surface area contributed by atoms with Gasteiger partial charge in [0.1, 0.15) is 6.07 Å². The lowest BCUT2D eigenvalue weighted by Gasteiger charge is -2.23. The smallest absolute Gasteiger partial charge is 0.312 e. The van der Waals surface area contributed by atoms with E-state index in [4.69, 9.17) is 5.26 Å². The Morgan fingerprint density at radius 3 is 3.00 bits per heavy atom. The van der Waals surface area contributed by atoms with Gasteiger partial charge in [-0.2, -0.15) is 5.26 Å². The summed E-state index contributed by atoms with van der Waals surface area (Å²) in [5, 5.41) is 29.6. The fraction of sp³-hybridized carbons (Fsp3) is 0.500. The molecule has 1 aliphatic heterocycles. The average molecular weight is 302 g/mol. The largest absolute Gasteiger partial charge is 0.481 e. The second kappa shape index (κ2) is 4.94. The molecule has 0 aromatic carbocycles. The van der Waals surface area contributed by atoms with Crippen LogP contribution in [0.1, 0.15) is 24.8 Å². The van der Waals surface area contributed by atoms with Crippen LogP contribution in [-0.2, 0) is 4.79 Å². The summed E-state index contributed by atoms with van der Waals surface area (Å²) in [5.74, 6) is -0.699. The standard InChI is InChI=1S/C14H14N4O4/c15-5-9-4-11(18(21)22)12(16-6-9)17-7-10-2-1-3-14(10,8-17)13(19)20/h4,6,10H,1-3,7-8H2,(H,19,20)/t10-,14+/m0/s1. The number of carbonyl (C=O) groups is 1. The summed E-state index contributed by atoms with van der Waals surface area (Å²) in [5.41, 5.74) is -0.967. The van der Waals surface area contributed by atoms with Crippen LogP contribution in [0.25, 0.3) is 0 Å². The molecule has 3 rings (SSSR count). The number of carboxylic acid groups (broad SMARTS) is 1. The lowest BCUT2D eigenvalue weighted by molar-refractivity contribution is -0.384. The number of carboxylic acids is 1. The Morgan fingerprint density at radius 1 is 1.64 bits per heavy atom. The van der Waals surface area contributed by atoms with Gasteiger partial charge in [0.05, 0.1) is 15.9 Å². The zero-order valence-electron chi connectivity index (χ0n) is 11.7. The molecule has 114 valence electrons. The minimum atomic E-state index is -0.839. The molecule has 1 aromatic heterocycles. The Labute approximate surface area is 126 Å². The molecule has 8 nitrogen and oxygen atoms in total. The highest BCUT2D eigenvalue weighted by molar-refractivity contribution is 5.78. The van der Waals surface area contributed by atoms with Crippen molar-refractivity contribution >= 4 is 17.5 Å². The van der Waals surface area contributed by atoms with Crippen molar-refractivity contribution in [2.45, 2.75) is 19.3 Å². The van der Waals surface area contributed by atoms with E-state index in [1.165, 1.54) is 12.3 Å². The minimum Gasteiger partial charge on any atom is -0.481 e. The second-order valence-corrected chi connectivity index (χ2v) is 5.87. The number of fused-ring (bicyclic) bond motifs is 1. The fourth-order valence-electron chi connectivity index (χ4n) is 3.69. The number of aliphatic carboxylic acids is 1. The van der Waals surface area contributed by atoms with Crippen molar-refractivity contribution < 1.29 is 14.8 Å². The van der Waals surface area contributed by atoms with Gasteiger partial charge in [0, 0.05) is 25.4 Å². The van der Waals surface area contributed by atoms with Gasteiger partial charge in [0.2, 0.25) is 5.82 Å². The van der Waals surface area contributed by atoms with Crippen LogP contribution < -0.4 is 4.90 Å². The molecular weight excluding hydrogens is 288 g/mol. The van der Waals surface area contributed by atoms with Gasteiger partial charge in [-0.1, -0.05) is 6.42 Å². The van der Waals surface area contributed by atoms with Crippen molar-refractivity contribution in [3.63, 3.8) is 0 Å². The number of hydrogen-bond donors (Lipinski definition) is 1.